The average Bonchev–Trinajstić information content (AvgIpc) is 2.35. The van der Waals surface area contributed by atoms with Gasteiger partial charge in [-0.25, -0.2) is 8.78 Å². The Hall–Kier alpha value is -1.82. The number of amides is 1. The van der Waals surface area contributed by atoms with Crippen LogP contribution < -0.4 is 5.32 Å². The van der Waals surface area contributed by atoms with E-state index in [9.17, 15) is 13.6 Å². The van der Waals surface area contributed by atoms with Crippen molar-refractivity contribution in [1.29, 1.82) is 0 Å². The van der Waals surface area contributed by atoms with Gasteiger partial charge in [0.05, 0.1) is 16.9 Å². The van der Waals surface area contributed by atoms with Crippen LogP contribution in [0.25, 0.3) is 0 Å². The number of hydrogen-bond acceptors (Lipinski definition) is 2. The van der Waals surface area contributed by atoms with E-state index in [4.69, 9.17) is 0 Å². The molecular weight excluding hydrogens is 318 g/mol. The van der Waals surface area contributed by atoms with Gasteiger partial charge in [0.25, 0.3) is 5.91 Å². The third-order valence-electron chi connectivity index (χ3n) is 2.48. The minimum atomic E-state index is -0.825. The van der Waals surface area contributed by atoms with E-state index in [2.05, 4.69) is 26.2 Å². The van der Waals surface area contributed by atoms with E-state index in [-0.39, 0.29) is 5.69 Å². The van der Waals surface area contributed by atoms with Crippen molar-refractivity contribution in [2.24, 2.45) is 0 Å². The van der Waals surface area contributed by atoms with Crippen LogP contribution in [0, 0.1) is 18.6 Å². The van der Waals surface area contributed by atoms with Gasteiger partial charge in [0.15, 0.2) is 0 Å². The van der Waals surface area contributed by atoms with Gasteiger partial charge in [-0.05, 0) is 41.1 Å². The number of halogens is 3. The second-order valence-electron chi connectivity index (χ2n) is 3.86. The maximum Gasteiger partial charge on any atom is 0.257 e. The lowest BCUT2D eigenvalue weighted by Crippen LogP contribution is -2.15. The first kappa shape index (κ1) is 13.6. The van der Waals surface area contributed by atoms with Gasteiger partial charge in [0.1, 0.15) is 11.6 Å². The standard InChI is InChI=1S/C13H9BrF2N2O/c1-7-10(4-8(14)6-17-7)13(19)18-12-3-2-9(15)5-11(12)16/h2-6H,1H3,(H,18,19). The van der Waals surface area contributed by atoms with E-state index in [1.54, 1.807) is 19.2 Å². The fraction of sp³-hybridized carbons (Fsp3) is 0.0769. The molecule has 0 fully saturated rings. The first-order valence-electron chi connectivity index (χ1n) is 5.36. The Bertz CT molecular complexity index is 647. The summed E-state index contributed by atoms with van der Waals surface area (Å²) in [5.41, 5.74) is 0.757. The van der Waals surface area contributed by atoms with Crippen molar-refractivity contribution in [2.75, 3.05) is 5.32 Å². The Morgan fingerprint density at radius 2 is 2.05 bits per heavy atom. The van der Waals surface area contributed by atoms with E-state index in [0.717, 1.165) is 6.07 Å². The molecule has 0 aliphatic rings. The molecule has 1 amide bonds. The number of pyridine rings is 1. The van der Waals surface area contributed by atoms with Gasteiger partial charge in [0, 0.05) is 16.7 Å². The molecule has 0 saturated heterocycles. The molecule has 0 unspecified atom stereocenters. The highest BCUT2D eigenvalue weighted by atomic mass is 79.9. The summed E-state index contributed by atoms with van der Waals surface area (Å²) in [6.07, 6.45) is 1.56. The predicted octanol–water partition coefficient (Wildman–Crippen LogP) is 3.68. The third kappa shape index (κ3) is 3.14. The number of nitrogens with one attached hydrogen (secondary N) is 1. The smallest absolute Gasteiger partial charge is 0.257 e. The number of carbonyl (C=O) groups excluding carboxylic acids is 1. The molecule has 1 aromatic heterocycles. The molecular formula is C13H9BrF2N2O. The summed E-state index contributed by atoms with van der Waals surface area (Å²) < 4.78 is 26.8. The number of aryl methyl sites for hydroxylation is 1. The Labute approximate surface area is 116 Å². The first-order chi connectivity index (χ1) is 8.97. The molecule has 1 N–H and O–H groups in total. The van der Waals surface area contributed by atoms with Crippen LogP contribution in [0.3, 0.4) is 0 Å². The summed E-state index contributed by atoms with van der Waals surface area (Å²) in [5.74, 6) is -2.03. The Morgan fingerprint density at radius 1 is 1.32 bits per heavy atom. The molecule has 1 heterocycles. The van der Waals surface area contributed by atoms with Crippen molar-refractivity contribution in [2.45, 2.75) is 6.92 Å². The van der Waals surface area contributed by atoms with Crippen LogP contribution in [0.15, 0.2) is 34.9 Å². The van der Waals surface area contributed by atoms with Crippen LogP contribution in [0.2, 0.25) is 0 Å². The highest BCUT2D eigenvalue weighted by Gasteiger charge is 2.13. The fourth-order valence-corrected chi connectivity index (χ4v) is 1.85. The second-order valence-corrected chi connectivity index (χ2v) is 4.78. The molecule has 0 bridgehead atoms. The topological polar surface area (TPSA) is 42.0 Å². The van der Waals surface area contributed by atoms with Crippen molar-refractivity contribution in [3.05, 3.63) is 57.8 Å². The lowest BCUT2D eigenvalue weighted by Gasteiger charge is -2.08. The molecule has 0 aliphatic heterocycles. The number of nitrogens with zero attached hydrogens (tertiary/aromatic N) is 1. The molecule has 98 valence electrons. The van der Waals surface area contributed by atoms with E-state index < -0.39 is 17.5 Å². The SMILES string of the molecule is Cc1ncc(Br)cc1C(=O)Nc1ccc(F)cc1F. The van der Waals surface area contributed by atoms with Crippen molar-refractivity contribution in [3.63, 3.8) is 0 Å². The van der Waals surface area contributed by atoms with Crippen LogP contribution in [0.1, 0.15) is 16.1 Å². The minimum Gasteiger partial charge on any atom is -0.319 e. The summed E-state index contributed by atoms with van der Waals surface area (Å²) in [5, 5.41) is 2.38. The zero-order valence-corrected chi connectivity index (χ0v) is 11.5. The molecule has 0 saturated carbocycles. The maximum absolute atomic E-state index is 13.4. The fourth-order valence-electron chi connectivity index (χ4n) is 1.52. The van der Waals surface area contributed by atoms with Crippen molar-refractivity contribution >= 4 is 27.5 Å². The van der Waals surface area contributed by atoms with E-state index in [0.29, 0.717) is 21.8 Å². The normalized spacial score (nSPS) is 10.3. The summed E-state index contributed by atoms with van der Waals surface area (Å²) in [6.45, 7) is 1.67. The van der Waals surface area contributed by atoms with Gasteiger partial charge < -0.3 is 5.32 Å². The van der Waals surface area contributed by atoms with E-state index in [1.165, 1.54) is 6.07 Å². The summed E-state index contributed by atoms with van der Waals surface area (Å²) in [6, 6.07) is 4.54. The van der Waals surface area contributed by atoms with Crippen molar-refractivity contribution in [1.82, 2.24) is 4.98 Å². The molecule has 0 radical (unpaired) electrons. The highest BCUT2D eigenvalue weighted by molar-refractivity contribution is 9.10. The quantitative estimate of drug-likeness (QED) is 0.914. The molecule has 0 spiro atoms. The molecule has 2 aromatic rings. The Kier molecular flexibility index (Phi) is 3.90. The van der Waals surface area contributed by atoms with Crippen molar-refractivity contribution < 1.29 is 13.6 Å². The van der Waals surface area contributed by atoms with Gasteiger partial charge in [-0.15, -0.1) is 0 Å². The molecule has 1 aromatic carbocycles. The Balaban J connectivity index is 2.28. The van der Waals surface area contributed by atoms with Crippen LogP contribution >= 0.6 is 15.9 Å². The van der Waals surface area contributed by atoms with E-state index >= 15 is 0 Å². The van der Waals surface area contributed by atoms with Crippen LogP contribution in [0.4, 0.5) is 14.5 Å². The lowest BCUT2D eigenvalue weighted by molar-refractivity contribution is 0.102. The first-order valence-corrected chi connectivity index (χ1v) is 6.15. The number of rotatable bonds is 2. The molecule has 3 nitrogen and oxygen atoms in total. The summed E-state index contributed by atoms with van der Waals surface area (Å²) in [4.78, 5) is 16.0. The van der Waals surface area contributed by atoms with E-state index in [1.807, 2.05) is 0 Å². The Morgan fingerprint density at radius 3 is 2.74 bits per heavy atom. The molecule has 6 heteroatoms. The van der Waals surface area contributed by atoms with Crippen LogP contribution in [-0.4, -0.2) is 10.9 Å². The number of carbonyl (C=O) groups is 1. The molecule has 0 atom stereocenters. The predicted molar refractivity (Wildman–Crippen MR) is 71.0 cm³/mol. The van der Waals surface area contributed by atoms with Crippen molar-refractivity contribution in [3.8, 4) is 0 Å². The van der Waals surface area contributed by atoms with Crippen LogP contribution in [0.5, 0.6) is 0 Å². The van der Waals surface area contributed by atoms with Gasteiger partial charge in [-0.2, -0.15) is 0 Å². The number of anilines is 1. The monoisotopic (exact) mass is 326 g/mol. The lowest BCUT2D eigenvalue weighted by atomic mass is 10.2. The number of hydrogen-bond donors (Lipinski definition) is 1. The maximum atomic E-state index is 13.4. The minimum absolute atomic E-state index is 0.0780. The van der Waals surface area contributed by atoms with Crippen LogP contribution in [-0.2, 0) is 0 Å². The number of benzene rings is 1. The average molecular weight is 327 g/mol. The zero-order valence-electron chi connectivity index (χ0n) is 9.88. The largest absolute Gasteiger partial charge is 0.319 e. The van der Waals surface area contributed by atoms with Gasteiger partial charge in [-0.1, -0.05) is 0 Å². The molecule has 2 rings (SSSR count). The second kappa shape index (κ2) is 5.44. The van der Waals surface area contributed by atoms with Gasteiger partial charge in [0.2, 0.25) is 0 Å². The van der Waals surface area contributed by atoms with Gasteiger partial charge in [-0.3, -0.25) is 9.78 Å². The summed E-state index contributed by atoms with van der Waals surface area (Å²) in [7, 11) is 0. The zero-order chi connectivity index (χ0) is 14.0. The van der Waals surface area contributed by atoms with Gasteiger partial charge >= 0.3 is 0 Å². The third-order valence-corrected chi connectivity index (χ3v) is 2.91. The molecule has 19 heavy (non-hydrogen) atoms. The number of aromatic nitrogens is 1. The highest BCUT2D eigenvalue weighted by Crippen LogP contribution is 2.18. The molecule has 0 aliphatic carbocycles. The summed E-state index contributed by atoms with van der Waals surface area (Å²) >= 11 is 3.21.